The van der Waals surface area contributed by atoms with Crippen LogP contribution >= 0.6 is 0 Å². The van der Waals surface area contributed by atoms with Gasteiger partial charge in [-0.05, 0) is 0 Å². The summed E-state index contributed by atoms with van der Waals surface area (Å²) < 4.78 is 0. The molecule has 1 aromatic carbocycles. The summed E-state index contributed by atoms with van der Waals surface area (Å²) in [7, 11) is 0. The van der Waals surface area contributed by atoms with Crippen LogP contribution in [0.15, 0.2) is 35.7 Å². The van der Waals surface area contributed by atoms with Crippen LogP contribution < -0.4 is 10.6 Å². The average Bonchev–Trinajstić information content (AvgIpc) is 2.39. The number of hydrogen-bond donors (Lipinski definition) is 2. The molecule has 1 aliphatic carbocycles. The molecule has 6 heteroatoms. The molecule has 20 heavy (non-hydrogen) atoms. The number of allylic oxidation sites excluding steroid dienone is 2. The highest BCUT2D eigenvalue weighted by Gasteiger charge is 2.33. The molecule has 1 aliphatic rings. The molecule has 2 N–H and O–H groups in total. The van der Waals surface area contributed by atoms with Gasteiger partial charge in [0, 0.05) is 25.0 Å². The molecule has 1 aromatic rings. The van der Waals surface area contributed by atoms with E-state index in [2.05, 4.69) is 10.6 Å². The van der Waals surface area contributed by atoms with Gasteiger partial charge in [0.25, 0.3) is 0 Å². The van der Waals surface area contributed by atoms with E-state index in [9.17, 15) is 19.2 Å². The topological polar surface area (TPSA) is 92.3 Å². The van der Waals surface area contributed by atoms with Crippen LogP contribution in [0.1, 0.15) is 34.6 Å². The minimum absolute atomic E-state index is 0.198. The number of amides is 2. The Labute approximate surface area is 114 Å². The largest absolute Gasteiger partial charge is 0.321 e. The number of carbonyl (C=O) groups is 4. The highest BCUT2D eigenvalue weighted by molar-refractivity contribution is 6.27. The summed E-state index contributed by atoms with van der Waals surface area (Å²) in [6, 6.07) is 6.25. The summed E-state index contributed by atoms with van der Waals surface area (Å²) in [5, 5.41) is 4.63. The first kappa shape index (κ1) is 13.7. The van der Waals surface area contributed by atoms with Crippen molar-refractivity contribution < 1.29 is 19.2 Å². The Hall–Kier alpha value is -2.76. The van der Waals surface area contributed by atoms with Crippen LogP contribution in [0.4, 0.5) is 0 Å². The fourth-order valence-corrected chi connectivity index (χ4v) is 1.97. The Balaban J connectivity index is 2.61. The predicted octanol–water partition coefficient (Wildman–Crippen LogP) is 0.549. The van der Waals surface area contributed by atoms with E-state index in [1.165, 1.54) is 26.0 Å². The zero-order valence-electron chi connectivity index (χ0n) is 10.9. The van der Waals surface area contributed by atoms with Crippen LogP contribution in [0.5, 0.6) is 0 Å². The number of nitrogens with one attached hydrogen (secondary N) is 2. The van der Waals surface area contributed by atoms with Crippen LogP contribution in [0.25, 0.3) is 0 Å². The molecule has 2 rings (SSSR count). The fourth-order valence-electron chi connectivity index (χ4n) is 1.97. The molecule has 0 aliphatic heterocycles. The maximum atomic E-state index is 12.3. The molecule has 0 heterocycles. The number of hydrogen-bond acceptors (Lipinski definition) is 4. The second kappa shape index (κ2) is 5.08. The number of fused-ring (bicyclic) bond motifs is 1. The molecule has 0 fully saturated rings. The summed E-state index contributed by atoms with van der Waals surface area (Å²) in [6.45, 7) is 2.44. The predicted molar refractivity (Wildman–Crippen MR) is 69.8 cm³/mol. The second-order valence-corrected chi connectivity index (χ2v) is 4.32. The lowest BCUT2D eigenvalue weighted by Gasteiger charge is -2.20. The summed E-state index contributed by atoms with van der Waals surface area (Å²) >= 11 is 0. The van der Waals surface area contributed by atoms with Crippen molar-refractivity contribution >= 4 is 23.4 Å². The first-order valence-corrected chi connectivity index (χ1v) is 5.89. The molecule has 6 nitrogen and oxygen atoms in total. The molecule has 0 unspecified atom stereocenters. The lowest BCUT2D eigenvalue weighted by molar-refractivity contribution is -0.119. The van der Waals surface area contributed by atoms with Gasteiger partial charge in [-0.3, -0.25) is 19.2 Å². The van der Waals surface area contributed by atoms with Crippen molar-refractivity contribution in [2.75, 3.05) is 0 Å². The van der Waals surface area contributed by atoms with E-state index in [-0.39, 0.29) is 22.5 Å². The number of carbonyl (C=O) groups excluding carboxylic acids is 4. The maximum absolute atomic E-state index is 12.3. The second-order valence-electron chi connectivity index (χ2n) is 4.32. The molecule has 0 aromatic heterocycles. The minimum Gasteiger partial charge on any atom is -0.321 e. The number of ketones is 2. The van der Waals surface area contributed by atoms with Gasteiger partial charge in [-0.25, -0.2) is 0 Å². The van der Waals surface area contributed by atoms with E-state index in [4.69, 9.17) is 0 Å². The third-order valence-corrected chi connectivity index (χ3v) is 2.72. The zero-order chi connectivity index (χ0) is 14.9. The zero-order valence-corrected chi connectivity index (χ0v) is 10.9. The highest BCUT2D eigenvalue weighted by atomic mass is 16.2. The van der Waals surface area contributed by atoms with Crippen molar-refractivity contribution in [2.24, 2.45) is 0 Å². The maximum Gasteiger partial charge on any atom is 0.221 e. The highest BCUT2D eigenvalue weighted by Crippen LogP contribution is 2.23. The summed E-state index contributed by atoms with van der Waals surface area (Å²) in [6.07, 6.45) is 0. The Morgan fingerprint density at radius 2 is 1.15 bits per heavy atom. The SMILES string of the molecule is CC(=O)NC1=C(NC(C)=O)C(=O)c2ccccc2C1=O. The molecular weight excluding hydrogens is 260 g/mol. The van der Waals surface area contributed by atoms with E-state index in [1.807, 2.05) is 0 Å². The quantitative estimate of drug-likeness (QED) is 0.822. The van der Waals surface area contributed by atoms with Crippen molar-refractivity contribution in [3.05, 3.63) is 46.8 Å². The van der Waals surface area contributed by atoms with E-state index in [1.54, 1.807) is 12.1 Å². The van der Waals surface area contributed by atoms with Gasteiger partial charge in [0.2, 0.25) is 23.4 Å². The monoisotopic (exact) mass is 272 g/mol. The minimum atomic E-state index is -0.501. The number of Topliss-reactive ketones (excluding diaryl/α,β-unsaturated/α-hetero) is 2. The van der Waals surface area contributed by atoms with Gasteiger partial charge in [-0.1, -0.05) is 24.3 Å². The lowest BCUT2D eigenvalue weighted by atomic mass is 9.90. The lowest BCUT2D eigenvalue weighted by Crippen LogP contribution is -2.38. The van der Waals surface area contributed by atoms with Crippen LogP contribution in [0, 0.1) is 0 Å². The standard InChI is InChI=1S/C14H12N2O4/c1-7(17)15-11-12(16-8(2)18)14(20)10-6-4-3-5-9(10)13(11)19/h3-6H,1-2H3,(H,15,17)(H,16,18). The van der Waals surface area contributed by atoms with Crippen molar-refractivity contribution in [2.45, 2.75) is 13.8 Å². The molecule has 0 saturated carbocycles. The van der Waals surface area contributed by atoms with Crippen molar-refractivity contribution in [3.8, 4) is 0 Å². The third-order valence-electron chi connectivity index (χ3n) is 2.72. The van der Waals surface area contributed by atoms with Gasteiger partial charge in [0.05, 0.1) is 0 Å². The molecule has 0 bridgehead atoms. The molecule has 102 valence electrons. The average molecular weight is 272 g/mol. The van der Waals surface area contributed by atoms with Crippen LogP contribution in [-0.2, 0) is 9.59 Å². The number of benzene rings is 1. The summed E-state index contributed by atoms with van der Waals surface area (Å²) in [5.41, 5.74) is 0.0125. The normalized spacial score (nSPS) is 13.9. The molecule has 0 saturated heterocycles. The fraction of sp³-hybridized carbons (Fsp3) is 0.143. The first-order chi connectivity index (χ1) is 9.41. The van der Waals surface area contributed by atoms with Gasteiger partial charge in [0.15, 0.2) is 0 Å². The third kappa shape index (κ3) is 2.35. The van der Waals surface area contributed by atoms with Crippen molar-refractivity contribution in [1.29, 1.82) is 0 Å². The molecular formula is C14H12N2O4. The van der Waals surface area contributed by atoms with Gasteiger partial charge < -0.3 is 10.6 Å². The van der Waals surface area contributed by atoms with Crippen molar-refractivity contribution in [3.63, 3.8) is 0 Å². The molecule has 0 spiro atoms. The number of rotatable bonds is 2. The molecule has 0 radical (unpaired) electrons. The van der Waals surface area contributed by atoms with Crippen LogP contribution in [-0.4, -0.2) is 23.4 Å². The Kier molecular flexibility index (Phi) is 3.47. The van der Waals surface area contributed by atoms with E-state index >= 15 is 0 Å². The Morgan fingerprint density at radius 3 is 1.45 bits per heavy atom. The van der Waals surface area contributed by atoms with Gasteiger partial charge >= 0.3 is 0 Å². The van der Waals surface area contributed by atoms with E-state index in [0.717, 1.165) is 0 Å². The van der Waals surface area contributed by atoms with Crippen LogP contribution in [0.2, 0.25) is 0 Å². The Morgan fingerprint density at radius 1 is 0.800 bits per heavy atom. The van der Waals surface area contributed by atoms with Gasteiger partial charge in [-0.15, -0.1) is 0 Å². The van der Waals surface area contributed by atoms with Gasteiger partial charge in [-0.2, -0.15) is 0 Å². The Bertz CT molecular complexity index is 617. The van der Waals surface area contributed by atoms with Crippen LogP contribution in [0.3, 0.4) is 0 Å². The van der Waals surface area contributed by atoms with Gasteiger partial charge in [0.1, 0.15) is 11.4 Å². The summed E-state index contributed by atoms with van der Waals surface area (Å²) in [5.74, 6) is -2.00. The molecule has 0 atom stereocenters. The van der Waals surface area contributed by atoms with E-state index < -0.39 is 23.4 Å². The van der Waals surface area contributed by atoms with Crippen molar-refractivity contribution in [1.82, 2.24) is 10.6 Å². The molecule has 2 amide bonds. The summed E-state index contributed by atoms with van der Waals surface area (Å²) in [4.78, 5) is 47.0. The first-order valence-electron chi connectivity index (χ1n) is 5.89. The smallest absolute Gasteiger partial charge is 0.221 e. The van der Waals surface area contributed by atoms with E-state index in [0.29, 0.717) is 0 Å².